The van der Waals surface area contributed by atoms with Crippen LogP contribution in [0.5, 0.6) is 0 Å². The fourth-order valence-electron chi connectivity index (χ4n) is 0.793. The van der Waals surface area contributed by atoms with Gasteiger partial charge in [0.15, 0.2) is 6.29 Å². The van der Waals surface area contributed by atoms with E-state index in [2.05, 4.69) is 6.58 Å². The van der Waals surface area contributed by atoms with Crippen LogP contribution < -0.4 is 0 Å². The summed E-state index contributed by atoms with van der Waals surface area (Å²) in [7, 11) is 0. The van der Waals surface area contributed by atoms with Gasteiger partial charge in [0, 0.05) is 6.61 Å². The molecule has 4 heteroatoms. The van der Waals surface area contributed by atoms with Crippen molar-refractivity contribution in [3.05, 3.63) is 12.2 Å². The van der Waals surface area contributed by atoms with E-state index in [0.29, 0.717) is 18.8 Å². The first-order chi connectivity index (χ1) is 6.61. The lowest BCUT2D eigenvalue weighted by Crippen LogP contribution is -2.18. The number of hydrogen-bond acceptors (Lipinski definition) is 4. The summed E-state index contributed by atoms with van der Waals surface area (Å²) in [5, 5.41) is 0. The molecule has 0 radical (unpaired) electrons. The average molecular weight is 202 g/mol. The van der Waals surface area contributed by atoms with Gasteiger partial charge in [-0.2, -0.15) is 0 Å². The van der Waals surface area contributed by atoms with Crippen LogP contribution >= 0.6 is 0 Å². The van der Waals surface area contributed by atoms with E-state index in [1.165, 1.54) is 0 Å². The second kappa shape index (κ2) is 7.53. The van der Waals surface area contributed by atoms with Crippen molar-refractivity contribution in [3.63, 3.8) is 0 Å². The zero-order valence-electron chi connectivity index (χ0n) is 9.04. The number of carbonyl (C=O) groups excluding carboxylic acids is 1. The summed E-state index contributed by atoms with van der Waals surface area (Å²) in [6, 6.07) is 0. The molecular weight excluding hydrogens is 184 g/mol. The van der Waals surface area contributed by atoms with Crippen molar-refractivity contribution < 1.29 is 19.0 Å². The van der Waals surface area contributed by atoms with Gasteiger partial charge in [-0.05, 0) is 20.8 Å². The molecule has 0 bridgehead atoms. The summed E-state index contributed by atoms with van der Waals surface area (Å²) < 4.78 is 15.0. The monoisotopic (exact) mass is 202 g/mol. The normalized spacial score (nSPS) is 12.2. The lowest BCUT2D eigenvalue weighted by molar-refractivity contribution is -0.143. The molecule has 0 aromatic rings. The highest BCUT2D eigenvalue weighted by Gasteiger charge is 2.09. The third-order valence-corrected chi connectivity index (χ3v) is 1.46. The molecule has 14 heavy (non-hydrogen) atoms. The van der Waals surface area contributed by atoms with Crippen molar-refractivity contribution in [1.82, 2.24) is 0 Å². The Morgan fingerprint density at radius 2 is 1.93 bits per heavy atom. The smallest absolute Gasteiger partial charge is 0.335 e. The van der Waals surface area contributed by atoms with E-state index in [-0.39, 0.29) is 12.9 Å². The zero-order chi connectivity index (χ0) is 11.0. The van der Waals surface area contributed by atoms with Crippen molar-refractivity contribution in [2.75, 3.05) is 19.8 Å². The van der Waals surface area contributed by atoms with E-state index in [0.717, 1.165) is 0 Å². The first-order valence-corrected chi connectivity index (χ1v) is 4.69. The molecule has 1 atom stereocenters. The van der Waals surface area contributed by atoms with Crippen LogP contribution in [0.25, 0.3) is 0 Å². The molecule has 0 saturated heterocycles. The molecule has 0 spiro atoms. The molecule has 0 heterocycles. The predicted octanol–water partition coefficient (Wildman–Crippen LogP) is 1.50. The third kappa shape index (κ3) is 5.72. The molecule has 4 nitrogen and oxygen atoms in total. The Bertz CT molecular complexity index is 189. The van der Waals surface area contributed by atoms with Gasteiger partial charge in [-0.15, -0.1) is 0 Å². The van der Waals surface area contributed by atoms with Crippen LogP contribution in [0.4, 0.5) is 0 Å². The van der Waals surface area contributed by atoms with Gasteiger partial charge >= 0.3 is 5.97 Å². The first-order valence-electron chi connectivity index (χ1n) is 4.69. The van der Waals surface area contributed by atoms with E-state index in [1.807, 2.05) is 6.92 Å². The topological polar surface area (TPSA) is 44.8 Å². The van der Waals surface area contributed by atoms with Crippen LogP contribution in [0, 0.1) is 0 Å². The molecule has 0 aliphatic carbocycles. The summed E-state index contributed by atoms with van der Waals surface area (Å²) in [5.74, 6) is -0.420. The molecule has 0 aliphatic heterocycles. The molecule has 0 aliphatic rings. The first kappa shape index (κ1) is 13.1. The van der Waals surface area contributed by atoms with Crippen LogP contribution in [-0.4, -0.2) is 32.1 Å². The Kier molecular flexibility index (Phi) is 7.06. The molecule has 1 unspecified atom stereocenters. The summed E-state index contributed by atoms with van der Waals surface area (Å²) in [4.78, 5) is 11.1. The fraction of sp³-hybridized carbons (Fsp3) is 0.700. The van der Waals surface area contributed by atoms with Gasteiger partial charge in [0.1, 0.15) is 0 Å². The predicted molar refractivity (Wildman–Crippen MR) is 52.8 cm³/mol. The molecule has 0 rings (SSSR count). The van der Waals surface area contributed by atoms with Gasteiger partial charge in [-0.1, -0.05) is 6.58 Å². The SMILES string of the molecule is C=C(COC(C)OCC)C(=O)OCC. The molecule has 0 saturated carbocycles. The Labute approximate surface area is 84.8 Å². The third-order valence-electron chi connectivity index (χ3n) is 1.46. The number of rotatable bonds is 7. The highest BCUT2D eigenvalue weighted by molar-refractivity contribution is 5.87. The number of hydrogen-bond donors (Lipinski definition) is 0. The van der Waals surface area contributed by atoms with E-state index in [4.69, 9.17) is 14.2 Å². The average Bonchev–Trinajstić information content (AvgIpc) is 2.15. The van der Waals surface area contributed by atoms with Gasteiger partial charge in [-0.3, -0.25) is 0 Å². The minimum Gasteiger partial charge on any atom is -0.463 e. The highest BCUT2D eigenvalue weighted by Crippen LogP contribution is 2.00. The van der Waals surface area contributed by atoms with Gasteiger partial charge in [0.05, 0.1) is 18.8 Å². The molecule has 0 fully saturated rings. The fourth-order valence-corrected chi connectivity index (χ4v) is 0.793. The number of carbonyl (C=O) groups is 1. The molecular formula is C10H18O4. The summed E-state index contributed by atoms with van der Waals surface area (Å²) in [6.45, 7) is 10.00. The molecule has 0 N–H and O–H groups in total. The van der Waals surface area contributed by atoms with Crippen LogP contribution in [0.3, 0.4) is 0 Å². The molecule has 82 valence electrons. The van der Waals surface area contributed by atoms with E-state index >= 15 is 0 Å². The van der Waals surface area contributed by atoms with Crippen molar-refractivity contribution >= 4 is 5.97 Å². The van der Waals surface area contributed by atoms with Crippen molar-refractivity contribution in [2.45, 2.75) is 27.1 Å². The maximum absolute atomic E-state index is 11.1. The second-order valence-electron chi connectivity index (χ2n) is 2.66. The Balaban J connectivity index is 3.67. The van der Waals surface area contributed by atoms with Crippen LogP contribution in [0.15, 0.2) is 12.2 Å². The minimum absolute atomic E-state index is 0.139. The molecule has 0 amide bonds. The quantitative estimate of drug-likeness (QED) is 0.356. The van der Waals surface area contributed by atoms with Crippen molar-refractivity contribution in [3.8, 4) is 0 Å². The van der Waals surface area contributed by atoms with Crippen molar-refractivity contribution in [2.24, 2.45) is 0 Å². The molecule has 0 aromatic heterocycles. The van der Waals surface area contributed by atoms with Gasteiger partial charge in [0.2, 0.25) is 0 Å². The van der Waals surface area contributed by atoms with Crippen molar-refractivity contribution in [1.29, 1.82) is 0 Å². The second-order valence-corrected chi connectivity index (χ2v) is 2.66. The Morgan fingerprint density at radius 1 is 1.29 bits per heavy atom. The van der Waals surface area contributed by atoms with Crippen LogP contribution in [0.2, 0.25) is 0 Å². The summed E-state index contributed by atoms with van der Waals surface area (Å²) >= 11 is 0. The largest absolute Gasteiger partial charge is 0.463 e. The summed E-state index contributed by atoms with van der Waals surface area (Å²) in [5.41, 5.74) is 0.304. The Hall–Kier alpha value is -0.870. The highest BCUT2D eigenvalue weighted by atomic mass is 16.7. The molecule has 0 aromatic carbocycles. The minimum atomic E-state index is -0.420. The number of ether oxygens (including phenoxy) is 3. The van der Waals surface area contributed by atoms with E-state index in [9.17, 15) is 4.79 Å². The zero-order valence-corrected chi connectivity index (χ0v) is 9.04. The van der Waals surface area contributed by atoms with E-state index < -0.39 is 5.97 Å². The van der Waals surface area contributed by atoms with Gasteiger partial charge in [0.25, 0.3) is 0 Å². The number of esters is 1. The van der Waals surface area contributed by atoms with Crippen LogP contribution in [-0.2, 0) is 19.0 Å². The Morgan fingerprint density at radius 3 is 2.43 bits per heavy atom. The standard InChI is InChI=1S/C10H18O4/c1-5-12-9(4)14-7-8(3)10(11)13-6-2/h9H,3,5-7H2,1-2,4H3. The van der Waals surface area contributed by atoms with Crippen LogP contribution in [0.1, 0.15) is 20.8 Å². The maximum atomic E-state index is 11.1. The summed E-state index contributed by atoms with van der Waals surface area (Å²) in [6.07, 6.45) is -0.328. The van der Waals surface area contributed by atoms with Gasteiger partial charge in [-0.25, -0.2) is 4.79 Å². The maximum Gasteiger partial charge on any atom is 0.335 e. The lowest BCUT2D eigenvalue weighted by Gasteiger charge is -2.13. The van der Waals surface area contributed by atoms with E-state index in [1.54, 1.807) is 13.8 Å². The lowest BCUT2D eigenvalue weighted by atomic mass is 10.3. The van der Waals surface area contributed by atoms with Gasteiger partial charge < -0.3 is 14.2 Å².